The van der Waals surface area contributed by atoms with Crippen LogP contribution in [0.5, 0.6) is 5.75 Å². The van der Waals surface area contributed by atoms with Crippen molar-refractivity contribution in [2.75, 3.05) is 33.3 Å². The molecule has 0 radical (unpaired) electrons. The molecule has 1 saturated heterocycles. The van der Waals surface area contributed by atoms with E-state index in [1.165, 1.54) is 32.1 Å². The van der Waals surface area contributed by atoms with Crippen LogP contribution in [0.3, 0.4) is 0 Å². The summed E-state index contributed by atoms with van der Waals surface area (Å²) in [7, 11) is 1.57. The minimum atomic E-state index is -4.85. The molecule has 4 rings (SSSR count). The Labute approximate surface area is 214 Å². The van der Waals surface area contributed by atoms with E-state index in [4.69, 9.17) is 4.74 Å². The van der Waals surface area contributed by atoms with Crippen molar-refractivity contribution in [2.24, 2.45) is 0 Å². The van der Waals surface area contributed by atoms with E-state index in [0.29, 0.717) is 18.2 Å². The number of ether oxygens (including phenoxy) is 1. The van der Waals surface area contributed by atoms with Gasteiger partial charge in [0.05, 0.1) is 18.2 Å². The number of rotatable bonds is 7. The monoisotopic (exact) mass is 528 g/mol. The molecule has 2 aliphatic rings. The smallest absolute Gasteiger partial charge is 0.416 e. The average Bonchev–Trinajstić information content (AvgIpc) is 2.89. The fraction of sp³-hybridized carbons (Fsp3) is 0.571. The zero-order valence-corrected chi connectivity index (χ0v) is 21.0. The number of hydrogen-bond acceptors (Lipinski definition) is 3. The highest BCUT2D eigenvalue weighted by Gasteiger charge is 2.37. The van der Waals surface area contributed by atoms with Gasteiger partial charge in [-0.15, -0.1) is 0 Å². The fourth-order valence-electron chi connectivity index (χ4n) is 5.71. The Bertz CT molecular complexity index is 975. The van der Waals surface area contributed by atoms with Gasteiger partial charge in [-0.2, -0.15) is 26.3 Å². The van der Waals surface area contributed by atoms with Gasteiger partial charge in [0.25, 0.3) is 0 Å². The summed E-state index contributed by atoms with van der Waals surface area (Å²) >= 11 is 0. The Kier molecular flexibility index (Phi) is 8.74. The lowest BCUT2D eigenvalue weighted by Crippen LogP contribution is -2.51. The van der Waals surface area contributed by atoms with Crippen molar-refractivity contribution in [3.05, 3.63) is 64.7 Å². The van der Waals surface area contributed by atoms with Crippen LogP contribution in [0.4, 0.5) is 26.3 Å². The molecular formula is C28H34F6N2O. The normalized spacial score (nSPS) is 19.6. The van der Waals surface area contributed by atoms with E-state index in [2.05, 4.69) is 9.80 Å². The van der Waals surface area contributed by atoms with Crippen LogP contribution in [0, 0.1) is 0 Å². The second-order valence-corrected chi connectivity index (χ2v) is 10.1. The van der Waals surface area contributed by atoms with Crippen molar-refractivity contribution in [1.29, 1.82) is 0 Å². The van der Waals surface area contributed by atoms with Gasteiger partial charge in [0, 0.05) is 38.3 Å². The van der Waals surface area contributed by atoms with Crippen molar-refractivity contribution in [2.45, 2.75) is 69.4 Å². The molecule has 0 bridgehead atoms. The lowest BCUT2D eigenvalue weighted by molar-refractivity contribution is -0.143. The lowest BCUT2D eigenvalue weighted by atomic mass is 9.92. The molecule has 1 unspecified atom stereocenters. The van der Waals surface area contributed by atoms with Crippen LogP contribution in [0.1, 0.15) is 66.8 Å². The number of nitrogens with zero attached hydrogens (tertiary/aromatic N) is 2. The van der Waals surface area contributed by atoms with Crippen molar-refractivity contribution >= 4 is 0 Å². The van der Waals surface area contributed by atoms with Gasteiger partial charge >= 0.3 is 12.4 Å². The average molecular weight is 529 g/mol. The first kappa shape index (κ1) is 27.8. The van der Waals surface area contributed by atoms with E-state index < -0.39 is 23.5 Å². The molecule has 0 N–H and O–H groups in total. The summed E-state index contributed by atoms with van der Waals surface area (Å²) in [5.41, 5.74) is -1.50. The topological polar surface area (TPSA) is 15.7 Å². The highest BCUT2D eigenvalue weighted by molar-refractivity contribution is 5.34. The van der Waals surface area contributed by atoms with Crippen molar-refractivity contribution in [1.82, 2.24) is 9.80 Å². The first-order valence-corrected chi connectivity index (χ1v) is 12.9. The van der Waals surface area contributed by atoms with Gasteiger partial charge in [-0.3, -0.25) is 9.80 Å². The highest BCUT2D eigenvalue weighted by atomic mass is 19.4. The summed E-state index contributed by atoms with van der Waals surface area (Å²) in [5.74, 6) is 0.692. The van der Waals surface area contributed by atoms with Crippen LogP contribution in [0.25, 0.3) is 0 Å². The van der Waals surface area contributed by atoms with E-state index in [9.17, 15) is 26.3 Å². The molecule has 3 nitrogen and oxygen atoms in total. The van der Waals surface area contributed by atoms with Crippen molar-refractivity contribution < 1.29 is 31.1 Å². The molecule has 9 heteroatoms. The van der Waals surface area contributed by atoms with Crippen LogP contribution < -0.4 is 4.74 Å². The summed E-state index contributed by atoms with van der Waals surface area (Å²) in [5, 5.41) is 0. The number of piperazine rings is 1. The molecule has 0 amide bonds. The molecule has 37 heavy (non-hydrogen) atoms. The molecule has 2 aromatic rings. The van der Waals surface area contributed by atoms with Gasteiger partial charge in [0.15, 0.2) is 0 Å². The Morgan fingerprint density at radius 3 is 1.89 bits per heavy atom. The van der Waals surface area contributed by atoms with Gasteiger partial charge < -0.3 is 4.74 Å². The second kappa shape index (κ2) is 11.6. The molecule has 0 aromatic heterocycles. The summed E-state index contributed by atoms with van der Waals surface area (Å²) in [4.78, 5) is 4.86. The van der Waals surface area contributed by atoms with E-state index in [-0.39, 0.29) is 24.1 Å². The van der Waals surface area contributed by atoms with Crippen LogP contribution in [-0.2, 0) is 18.8 Å². The third-order valence-corrected chi connectivity index (χ3v) is 7.74. The predicted octanol–water partition coefficient (Wildman–Crippen LogP) is 7.36. The minimum Gasteiger partial charge on any atom is -0.497 e. The zero-order valence-electron chi connectivity index (χ0n) is 21.0. The van der Waals surface area contributed by atoms with Crippen LogP contribution in [0.15, 0.2) is 42.5 Å². The summed E-state index contributed by atoms with van der Waals surface area (Å²) in [6, 6.07) is 9.93. The predicted molar refractivity (Wildman–Crippen MR) is 131 cm³/mol. The van der Waals surface area contributed by atoms with Gasteiger partial charge in [-0.25, -0.2) is 0 Å². The van der Waals surface area contributed by atoms with E-state index in [0.717, 1.165) is 43.9 Å². The van der Waals surface area contributed by atoms with Crippen molar-refractivity contribution in [3.8, 4) is 5.75 Å². The third kappa shape index (κ3) is 7.19. The molecule has 1 heterocycles. The summed E-state index contributed by atoms with van der Waals surface area (Å²) in [6.07, 6.45) is -2.92. The summed E-state index contributed by atoms with van der Waals surface area (Å²) < 4.78 is 85.4. The number of alkyl halides is 6. The maximum absolute atomic E-state index is 13.4. The Hall–Kier alpha value is -2.26. The Morgan fingerprint density at radius 2 is 1.38 bits per heavy atom. The van der Waals surface area contributed by atoms with Crippen LogP contribution in [-0.4, -0.2) is 49.1 Å². The van der Waals surface area contributed by atoms with Gasteiger partial charge in [-0.05, 0) is 67.1 Å². The lowest BCUT2D eigenvalue weighted by Gasteiger charge is -2.43. The second-order valence-electron chi connectivity index (χ2n) is 10.1. The number of benzene rings is 2. The number of methoxy groups -OCH3 is 1. The Morgan fingerprint density at radius 1 is 0.811 bits per heavy atom. The van der Waals surface area contributed by atoms with E-state index in [1.54, 1.807) is 7.11 Å². The molecule has 2 aromatic carbocycles. The summed E-state index contributed by atoms with van der Waals surface area (Å²) in [6.45, 7) is 3.45. The third-order valence-electron chi connectivity index (χ3n) is 7.74. The quantitative estimate of drug-likeness (QED) is 0.349. The molecule has 1 saturated carbocycles. The standard InChI is InChI=1S/C28H34F6N2O/c1-37-25-10-8-21(9-11-25)26(36-15-13-35(14-16-36)24-5-3-2-4-6-24)12-7-20-17-22(27(29,30)31)19-23(18-20)28(32,33)34/h8-11,17-19,24,26H,2-7,12-16H2,1H3. The highest BCUT2D eigenvalue weighted by Crippen LogP contribution is 2.37. The van der Waals surface area contributed by atoms with Crippen molar-refractivity contribution in [3.63, 3.8) is 0 Å². The van der Waals surface area contributed by atoms with Gasteiger partial charge in [0.2, 0.25) is 0 Å². The van der Waals surface area contributed by atoms with Gasteiger partial charge in [-0.1, -0.05) is 31.4 Å². The number of halogens is 6. The molecule has 204 valence electrons. The maximum Gasteiger partial charge on any atom is 0.416 e. The van der Waals surface area contributed by atoms with Crippen LogP contribution in [0.2, 0.25) is 0 Å². The van der Waals surface area contributed by atoms with Crippen LogP contribution >= 0.6 is 0 Å². The van der Waals surface area contributed by atoms with Gasteiger partial charge in [0.1, 0.15) is 5.75 Å². The minimum absolute atomic E-state index is 0.0431. The zero-order chi connectivity index (χ0) is 26.6. The first-order chi connectivity index (χ1) is 17.5. The molecule has 1 aliphatic heterocycles. The molecular weight excluding hydrogens is 494 g/mol. The molecule has 1 aliphatic carbocycles. The van der Waals surface area contributed by atoms with E-state index in [1.807, 2.05) is 24.3 Å². The maximum atomic E-state index is 13.4. The number of aryl methyl sites for hydroxylation is 1. The molecule has 0 spiro atoms. The largest absolute Gasteiger partial charge is 0.497 e. The first-order valence-electron chi connectivity index (χ1n) is 12.9. The number of hydrogen-bond donors (Lipinski definition) is 0. The SMILES string of the molecule is COc1ccc(C(CCc2cc(C(F)(F)F)cc(C(F)(F)F)c2)N2CCN(C3CCCCC3)CC2)cc1. The fourth-order valence-corrected chi connectivity index (χ4v) is 5.71. The molecule has 2 fully saturated rings. The van der Waals surface area contributed by atoms with E-state index >= 15 is 0 Å². The molecule has 1 atom stereocenters. The Balaban J connectivity index is 1.53.